The summed E-state index contributed by atoms with van der Waals surface area (Å²) in [6.07, 6.45) is 4.52. The number of piperidine rings is 1. The maximum Gasteiger partial charge on any atom is 0.338 e. The molecule has 178 valence electrons. The molecule has 1 aliphatic heterocycles. The molecular formula is C25H32N2O5S. The highest BCUT2D eigenvalue weighted by atomic mass is 32.2. The normalized spacial score (nSPS) is 16.3. The first-order valence-electron chi connectivity index (χ1n) is 11.5. The number of hydrogen-bond donors (Lipinski definition) is 0. The van der Waals surface area contributed by atoms with Gasteiger partial charge in [0.2, 0.25) is 0 Å². The van der Waals surface area contributed by atoms with Crippen LogP contribution in [0.15, 0.2) is 59.5 Å². The lowest BCUT2D eigenvalue weighted by Gasteiger charge is -2.33. The zero-order valence-electron chi connectivity index (χ0n) is 19.3. The molecule has 1 saturated heterocycles. The van der Waals surface area contributed by atoms with E-state index in [1.54, 1.807) is 29.2 Å². The number of unbranched alkanes of at least 4 members (excludes halogenated alkanes) is 1. The van der Waals surface area contributed by atoms with Crippen molar-refractivity contribution in [2.45, 2.75) is 56.9 Å². The maximum absolute atomic E-state index is 13.4. The highest BCUT2D eigenvalue weighted by Crippen LogP contribution is 2.25. The summed E-state index contributed by atoms with van der Waals surface area (Å²) >= 11 is 0. The maximum atomic E-state index is 13.4. The van der Waals surface area contributed by atoms with Gasteiger partial charge in [-0.15, -0.1) is 0 Å². The Hall–Kier alpha value is -2.87. The predicted octanol–water partition coefficient (Wildman–Crippen LogP) is 4.24. The molecule has 1 atom stereocenters. The lowest BCUT2D eigenvalue weighted by Crippen LogP contribution is -2.44. The summed E-state index contributed by atoms with van der Waals surface area (Å²) in [7, 11) is -3.89. The molecule has 1 aliphatic rings. The van der Waals surface area contributed by atoms with E-state index in [0.717, 1.165) is 25.7 Å². The van der Waals surface area contributed by atoms with Gasteiger partial charge >= 0.3 is 5.97 Å². The Morgan fingerprint density at radius 1 is 1.09 bits per heavy atom. The molecule has 1 heterocycles. The molecule has 2 aromatic rings. The van der Waals surface area contributed by atoms with E-state index in [2.05, 4.69) is 0 Å². The molecule has 2 aromatic carbocycles. The molecule has 1 unspecified atom stereocenters. The number of para-hydroxylation sites is 1. The monoisotopic (exact) mass is 472 g/mol. The molecule has 1 fully saturated rings. The standard InChI is InChI=1S/C25H32N2O5S/c1-3-4-17-27(22-13-6-5-7-14-22)33(30,31)23-15-10-12-21(18-23)25(29)32-19-24(28)26-16-9-8-11-20(26)2/h5-7,10,12-15,18,20H,3-4,8-9,11,16-17,19H2,1-2H3. The molecule has 7 nitrogen and oxygen atoms in total. The van der Waals surface area contributed by atoms with Crippen LogP contribution in [-0.4, -0.2) is 50.9 Å². The number of esters is 1. The Balaban J connectivity index is 1.75. The number of benzene rings is 2. The van der Waals surface area contributed by atoms with Gasteiger partial charge in [0.15, 0.2) is 6.61 Å². The number of rotatable bonds is 9. The van der Waals surface area contributed by atoms with Crippen molar-refractivity contribution in [3.8, 4) is 0 Å². The Morgan fingerprint density at radius 2 is 1.85 bits per heavy atom. The molecule has 33 heavy (non-hydrogen) atoms. The molecule has 0 N–H and O–H groups in total. The number of nitrogens with zero attached hydrogens (tertiary/aromatic N) is 2. The van der Waals surface area contributed by atoms with E-state index in [9.17, 15) is 18.0 Å². The van der Waals surface area contributed by atoms with Crippen LogP contribution in [0.4, 0.5) is 5.69 Å². The van der Waals surface area contributed by atoms with Gasteiger partial charge in [0.1, 0.15) is 0 Å². The van der Waals surface area contributed by atoms with E-state index in [0.29, 0.717) is 25.2 Å². The molecule has 0 spiro atoms. The van der Waals surface area contributed by atoms with Crippen LogP contribution in [0, 0.1) is 0 Å². The number of carbonyl (C=O) groups is 2. The Morgan fingerprint density at radius 3 is 2.55 bits per heavy atom. The van der Waals surface area contributed by atoms with E-state index in [1.807, 2.05) is 19.9 Å². The summed E-state index contributed by atoms with van der Waals surface area (Å²) in [5.41, 5.74) is 0.666. The molecule has 0 aromatic heterocycles. The van der Waals surface area contributed by atoms with Crippen molar-refractivity contribution >= 4 is 27.6 Å². The van der Waals surface area contributed by atoms with E-state index in [-0.39, 0.29) is 29.0 Å². The van der Waals surface area contributed by atoms with Gasteiger partial charge < -0.3 is 9.64 Å². The van der Waals surface area contributed by atoms with E-state index in [1.165, 1.54) is 28.6 Å². The highest BCUT2D eigenvalue weighted by Gasteiger charge is 2.27. The summed E-state index contributed by atoms with van der Waals surface area (Å²) in [5, 5.41) is 0. The summed E-state index contributed by atoms with van der Waals surface area (Å²) in [5.74, 6) is -0.945. The summed E-state index contributed by atoms with van der Waals surface area (Å²) in [4.78, 5) is 26.8. The molecule has 8 heteroatoms. The van der Waals surface area contributed by atoms with Crippen LogP contribution >= 0.6 is 0 Å². The number of carbonyl (C=O) groups excluding carboxylic acids is 2. The summed E-state index contributed by atoms with van der Waals surface area (Å²) in [6.45, 7) is 4.63. The quantitative estimate of drug-likeness (QED) is 0.510. The van der Waals surface area contributed by atoms with Crippen LogP contribution < -0.4 is 4.31 Å². The van der Waals surface area contributed by atoms with Crippen LogP contribution in [0.5, 0.6) is 0 Å². The first-order chi connectivity index (χ1) is 15.8. The van der Waals surface area contributed by atoms with Crippen molar-refractivity contribution in [1.82, 2.24) is 4.90 Å². The fourth-order valence-electron chi connectivity index (χ4n) is 3.96. The third-order valence-corrected chi connectivity index (χ3v) is 7.69. The topological polar surface area (TPSA) is 84.0 Å². The first-order valence-corrected chi connectivity index (χ1v) is 12.9. The molecule has 0 saturated carbocycles. The van der Waals surface area contributed by atoms with Gasteiger partial charge in [-0.1, -0.05) is 37.6 Å². The Kier molecular flexibility index (Phi) is 8.49. The van der Waals surface area contributed by atoms with Gasteiger partial charge in [-0.05, 0) is 62.9 Å². The Labute approximate surface area is 196 Å². The van der Waals surface area contributed by atoms with Crippen molar-refractivity contribution in [2.24, 2.45) is 0 Å². The van der Waals surface area contributed by atoms with Crippen molar-refractivity contribution < 1.29 is 22.7 Å². The van der Waals surface area contributed by atoms with Gasteiger partial charge in [-0.2, -0.15) is 0 Å². The predicted molar refractivity (Wildman–Crippen MR) is 128 cm³/mol. The van der Waals surface area contributed by atoms with Crippen LogP contribution in [-0.2, 0) is 19.6 Å². The van der Waals surface area contributed by atoms with Crippen LogP contribution in [0.1, 0.15) is 56.3 Å². The number of ether oxygens (including phenoxy) is 1. The van der Waals surface area contributed by atoms with Crippen molar-refractivity contribution in [1.29, 1.82) is 0 Å². The summed E-state index contributed by atoms with van der Waals surface area (Å²) in [6, 6.07) is 14.8. The van der Waals surface area contributed by atoms with E-state index in [4.69, 9.17) is 4.74 Å². The van der Waals surface area contributed by atoms with Gasteiger partial charge in [0, 0.05) is 19.1 Å². The molecule has 1 amide bonds. The lowest BCUT2D eigenvalue weighted by atomic mass is 10.0. The second-order valence-electron chi connectivity index (χ2n) is 8.30. The van der Waals surface area contributed by atoms with Crippen LogP contribution in [0.2, 0.25) is 0 Å². The minimum atomic E-state index is -3.89. The van der Waals surface area contributed by atoms with Gasteiger partial charge in [0.05, 0.1) is 16.1 Å². The number of amides is 1. The highest BCUT2D eigenvalue weighted by molar-refractivity contribution is 7.92. The minimum Gasteiger partial charge on any atom is -0.452 e. The minimum absolute atomic E-state index is 0.00730. The number of hydrogen-bond acceptors (Lipinski definition) is 5. The smallest absolute Gasteiger partial charge is 0.338 e. The fraction of sp³-hybridized carbons (Fsp3) is 0.440. The number of sulfonamides is 1. The third kappa shape index (κ3) is 6.13. The van der Waals surface area contributed by atoms with Crippen molar-refractivity contribution in [2.75, 3.05) is 24.0 Å². The number of likely N-dealkylation sites (tertiary alicyclic amines) is 1. The first kappa shape index (κ1) is 24.8. The molecule has 3 rings (SSSR count). The second kappa shape index (κ2) is 11.3. The van der Waals surface area contributed by atoms with Gasteiger partial charge in [-0.25, -0.2) is 13.2 Å². The van der Waals surface area contributed by atoms with E-state index < -0.39 is 16.0 Å². The molecule has 0 aliphatic carbocycles. The number of anilines is 1. The van der Waals surface area contributed by atoms with Crippen molar-refractivity contribution in [3.63, 3.8) is 0 Å². The second-order valence-corrected chi connectivity index (χ2v) is 10.2. The Bertz CT molecular complexity index is 1060. The molecule has 0 radical (unpaired) electrons. The molecule has 0 bridgehead atoms. The molecular weight excluding hydrogens is 440 g/mol. The fourth-order valence-corrected chi connectivity index (χ4v) is 5.51. The third-order valence-electron chi connectivity index (χ3n) is 5.87. The average Bonchev–Trinajstić information content (AvgIpc) is 2.83. The van der Waals surface area contributed by atoms with Crippen molar-refractivity contribution in [3.05, 3.63) is 60.2 Å². The average molecular weight is 473 g/mol. The largest absolute Gasteiger partial charge is 0.452 e. The van der Waals surface area contributed by atoms with Gasteiger partial charge in [-0.3, -0.25) is 9.10 Å². The zero-order chi connectivity index (χ0) is 23.8. The van der Waals surface area contributed by atoms with Crippen LogP contribution in [0.3, 0.4) is 0 Å². The summed E-state index contributed by atoms with van der Waals surface area (Å²) < 4.78 is 33.5. The van der Waals surface area contributed by atoms with Crippen LogP contribution in [0.25, 0.3) is 0 Å². The van der Waals surface area contributed by atoms with Gasteiger partial charge in [0.25, 0.3) is 15.9 Å². The SMILES string of the molecule is CCCCN(c1ccccc1)S(=O)(=O)c1cccc(C(=O)OCC(=O)N2CCCCC2C)c1. The zero-order valence-corrected chi connectivity index (χ0v) is 20.1. The lowest BCUT2D eigenvalue weighted by molar-refractivity contribution is -0.137. The van der Waals surface area contributed by atoms with E-state index >= 15 is 0 Å².